The van der Waals surface area contributed by atoms with E-state index in [0.29, 0.717) is 10.9 Å². The van der Waals surface area contributed by atoms with E-state index >= 15 is 0 Å². The van der Waals surface area contributed by atoms with Crippen LogP contribution in [0.4, 0.5) is 0 Å². The molecule has 0 bridgehead atoms. The number of likely N-dealkylation sites (tertiary alicyclic amines) is 1. The Balaban J connectivity index is 1.58. The highest BCUT2D eigenvalue weighted by molar-refractivity contribution is 7.99. The summed E-state index contributed by atoms with van der Waals surface area (Å²) in [6.07, 6.45) is 9.45. The van der Waals surface area contributed by atoms with Crippen LogP contribution in [0.2, 0.25) is 0 Å². The molecule has 1 aliphatic rings. The van der Waals surface area contributed by atoms with E-state index in [1.54, 1.807) is 4.68 Å². The van der Waals surface area contributed by atoms with Gasteiger partial charge < -0.3 is 4.90 Å². The molecular formula is C20H29N5OS. The molecular weight excluding hydrogens is 358 g/mol. The standard InChI is InChI=1S/C20H29N5OS/c1-2-3-9-17-10-12-18(13-11-17)25-20(21-22-23-25)27-16-19(26)24-14-7-5-4-6-8-15-24/h10-13H,2-9,14-16H2,1H3. The summed E-state index contributed by atoms with van der Waals surface area (Å²) in [5, 5.41) is 12.7. The van der Waals surface area contributed by atoms with Crippen molar-refractivity contribution in [3.63, 3.8) is 0 Å². The number of rotatable bonds is 7. The molecule has 146 valence electrons. The number of nitrogens with zero attached hydrogens (tertiary/aromatic N) is 5. The number of carbonyl (C=O) groups excluding carboxylic acids is 1. The van der Waals surface area contributed by atoms with Crippen molar-refractivity contribution in [2.75, 3.05) is 18.8 Å². The van der Waals surface area contributed by atoms with Crippen LogP contribution < -0.4 is 0 Å². The lowest BCUT2D eigenvalue weighted by Gasteiger charge is -2.24. The van der Waals surface area contributed by atoms with Crippen molar-refractivity contribution in [1.29, 1.82) is 0 Å². The topological polar surface area (TPSA) is 63.9 Å². The highest BCUT2D eigenvalue weighted by Gasteiger charge is 2.17. The van der Waals surface area contributed by atoms with Crippen molar-refractivity contribution in [2.45, 2.75) is 63.4 Å². The van der Waals surface area contributed by atoms with E-state index in [4.69, 9.17) is 0 Å². The molecule has 1 aromatic heterocycles. The number of thioether (sulfide) groups is 1. The van der Waals surface area contributed by atoms with Crippen LogP contribution in [0.1, 0.15) is 57.4 Å². The van der Waals surface area contributed by atoms with Crippen LogP contribution in [-0.4, -0.2) is 49.9 Å². The Morgan fingerprint density at radius 2 is 1.78 bits per heavy atom. The summed E-state index contributed by atoms with van der Waals surface area (Å²) < 4.78 is 1.72. The predicted octanol–water partition coefficient (Wildman–Crippen LogP) is 3.89. The normalized spacial score (nSPS) is 15.4. The Labute approximate surface area is 165 Å². The number of amides is 1. The first-order chi connectivity index (χ1) is 13.3. The number of carbonyl (C=O) groups is 1. The SMILES string of the molecule is CCCCc1ccc(-n2nnnc2SCC(=O)N2CCCCCCC2)cc1. The maximum absolute atomic E-state index is 12.6. The van der Waals surface area contributed by atoms with Crippen molar-refractivity contribution >= 4 is 17.7 Å². The fourth-order valence-electron chi connectivity index (χ4n) is 3.33. The first-order valence-corrected chi connectivity index (χ1v) is 11.0. The molecule has 0 saturated carbocycles. The van der Waals surface area contributed by atoms with Gasteiger partial charge in [-0.3, -0.25) is 4.79 Å². The Hall–Kier alpha value is -1.89. The predicted molar refractivity (Wildman–Crippen MR) is 108 cm³/mol. The van der Waals surface area contributed by atoms with Crippen molar-refractivity contribution < 1.29 is 4.79 Å². The monoisotopic (exact) mass is 387 g/mol. The molecule has 2 heterocycles. The number of hydrogen-bond acceptors (Lipinski definition) is 5. The smallest absolute Gasteiger partial charge is 0.233 e. The third kappa shape index (κ3) is 5.79. The van der Waals surface area contributed by atoms with E-state index in [2.05, 4.69) is 34.6 Å². The lowest BCUT2D eigenvalue weighted by Crippen LogP contribution is -2.35. The molecule has 3 rings (SSSR count). The minimum Gasteiger partial charge on any atom is -0.342 e. The van der Waals surface area contributed by atoms with Crippen molar-refractivity contribution in [2.24, 2.45) is 0 Å². The van der Waals surface area contributed by atoms with E-state index in [0.717, 1.165) is 38.0 Å². The molecule has 1 aromatic carbocycles. The lowest BCUT2D eigenvalue weighted by atomic mass is 10.1. The van der Waals surface area contributed by atoms with E-state index in [-0.39, 0.29) is 5.91 Å². The molecule has 2 aromatic rings. The molecule has 1 saturated heterocycles. The molecule has 1 aliphatic heterocycles. The summed E-state index contributed by atoms with van der Waals surface area (Å²) in [7, 11) is 0. The van der Waals surface area contributed by atoms with Crippen LogP contribution in [0.25, 0.3) is 5.69 Å². The molecule has 1 fully saturated rings. The maximum Gasteiger partial charge on any atom is 0.233 e. The van der Waals surface area contributed by atoms with Gasteiger partial charge in [-0.25, -0.2) is 0 Å². The van der Waals surface area contributed by atoms with Gasteiger partial charge in [-0.15, -0.1) is 5.10 Å². The molecule has 0 N–H and O–H groups in total. The molecule has 1 amide bonds. The van der Waals surface area contributed by atoms with Crippen LogP contribution in [0, 0.1) is 0 Å². The molecule has 0 spiro atoms. The molecule has 0 radical (unpaired) electrons. The van der Waals surface area contributed by atoms with E-state index in [9.17, 15) is 4.79 Å². The highest BCUT2D eigenvalue weighted by Crippen LogP contribution is 2.20. The summed E-state index contributed by atoms with van der Waals surface area (Å²) in [6.45, 7) is 3.96. The summed E-state index contributed by atoms with van der Waals surface area (Å²) in [4.78, 5) is 14.6. The van der Waals surface area contributed by atoms with Crippen LogP contribution in [0.5, 0.6) is 0 Å². The van der Waals surface area contributed by atoms with Gasteiger partial charge in [-0.05, 0) is 53.8 Å². The Morgan fingerprint density at radius 3 is 2.48 bits per heavy atom. The van der Waals surface area contributed by atoms with Gasteiger partial charge in [0.2, 0.25) is 11.1 Å². The van der Waals surface area contributed by atoms with Gasteiger partial charge in [0.1, 0.15) is 0 Å². The van der Waals surface area contributed by atoms with Gasteiger partial charge in [0.05, 0.1) is 11.4 Å². The first kappa shape index (κ1) is 19.9. The van der Waals surface area contributed by atoms with E-state index in [1.807, 2.05) is 17.0 Å². The molecule has 0 atom stereocenters. The largest absolute Gasteiger partial charge is 0.342 e. The average Bonchev–Trinajstić information content (AvgIpc) is 3.13. The number of benzene rings is 1. The number of tetrazole rings is 1. The maximum atomic E-state index is 12.6. The minimum atomic E-state index is 0.186. The van der Waals surface area contributed by atoms with Gasteiger partial charge in [-0.1, -0.05) is 56.5 Å². The molecule has 0 aliphatic carbocycles. The first-order valence-electron chi connectivity index (χ1n) is 10.1. The van der Waals surface area contributed by atoms with E-state index in [1.165, 1.54) is 49.4 Å². The Bertz CT molecular complexity index is 707. The van der Waals surface area contributed by atoms with Gasteiger partial charge in [-0.2, -0.15) is 4.68 Å². The summed E-state index contributed by atoms with van der Waals surface area (Å²) in [5.74, 6) is 0.570. The number of aromatic nitrogens is 4. The zero-order chi connectivity index (χ0) is 18.9. The lowest BCUT2D eigenvalue weighted by molar-refractivity contribution is -0.128. The zero-order valence-corrected chi connectivity index (χ0v) is 17.0. The summed E-state index contributed by atoms with van der Waals surface area (Å²) in [6, 6.07) is 8.36. The van der Waals surface area contributed by atoms with Crippen LogP contribution in [0.3, 0.4) is 0 Å². The van der Waals surface area contributed by atoms with Gasteiger partial charge in [0.15, 0.2) is 0 Å². The van der Waals surface area contributed by atoms with Crippen molar-refractivity contribution in [1.82, 2.24) is 25.1 Å². The van der Waals surface area contributed by atoms with Gasteiger partial charge >= 0.3 is 0 Å². The number of aryl methyl sites for hydroxylation is 1. The van der Waals surface area contributed by atoms with Crippen molar-refractivity contribution in [3.8, 4) is 5.69 Å². The van der Waals surface area contributed by atoms with Gasteiger partial charge in [0, 0.05) is 13.1 Å². The van der Waals surface area contributed by atoms with Crippen LogP contribution in [-0.2, 0) is 11.2 Å². The summed E-state index contributed by atoms with van der Waals surface area (Å²) in [5.41, 5.74) is 2.26. The summed E-state index contributed by atoms with van der Waals surface area (Å²) >= 11 is 1.42. The zero-order valence-electron chi connectivity index (χ0n) is 16.1. The third-order valence-corrected chi connectivity index (χ3v) is 5.88. The Morgan fingerprint density at radius 1 is 1.07 bits per heavy atom. The Kier molecular flexibility index (Phi) is 7.68. The highest BCUT2D eigenvalue weighted by atomic mass is 32.2. The van der Waals surface area contributed by atoms with Gasteiger partial charge in [0.25, 0.3) is 0 Å². The van der Waals surface area contributed by atoms with Crippen molar-refractivity contribution in [3.05, 3.63) is 29.8 Å². The molecule has 27 heavy (non-hydrogen) atoms. The molecule has 0 unspecified atom stereocenters. The fraction of sp³-hybridized carbons (Fsp3) is 0.600. The van der Waals surface area contributed by atoms with Crippen LogP contribution >= 0.6 is 11.8 Å². The van der Waals surface area contributed by atoms with E-state index < -0.39 is 0 Å². The van der Waals surface area contributed by atoms with Crippen LogP contribution in [0.15, 0.2) is 29.4 Å². The second-order valence-electron chi connectivity index (χ2n) is 7.08. The average molecular weight is 388 g/mol. The second-order valence-corrected chi connectivity index (χ2v) is 8.02. The minimum absolute atomic E-state index is 0.186. The fourth-order valence-corrected chi connectivity index (χ4v) is 4.12. The number of hydrogen-bond donors (Lipinski definition) is 0. The molecule has 7 heteroatoms. The molecule has 6 nitrogen and oxygen atoms in total. The number of unbranched alkanes of at least 4 members (excludes halogenated alkanes) is 1. The third-order valence-electron chi connectivity index (χ3n) is 4.97. The quantitative estimate of drug-likeness (QED) is 0.675. The second kappa shape index (κ2) is 10.4.